The van der Waals surface area contributed by atoms with Crippen LogP contribution in [0.3, 0.4) is 0 Å². The number of anilines is 1. The van der Waals surface area contributed by atoms with Gasteiger partial charge in [0, 0.05) is 18.5 Å². The molecule has 0 aliphatic carbocycles. The molecule has 1 aromatic rings. The molecule has 17 heavy (non-hydrogen) atoms. The monoisotopic (exact) mass is 271 g/mol. The van der Waals surface area contributed by atoms with Crippen molar-refractivity contribution in [2.75, 3.05) is 11.4 Å². The summed E-state index contributed by atoms with van der Waals surface area (Å²) in [5, 5.41) is 0.258. The number of alkyl halides is 1. The number of amides is 1. The number of rotatable bonds is 2. The Hall–Kier alpha value is -1.06. The molecule has 5 heteroatoms. The van der Waals surface area contributed by atoms with Gasteiger partial charge in [0.1, 0.15) is 0 Å². The lowest BCUT2D eigenvalue weighted by Gasteiger charge is -2.18. The van der Waals surface area contributed by atoms with Gasteiger partial charge in [-0.2, -0.15) is 0 Å². The second-order valence-electron chi connectivity index (χ2n) is 4.03. The molecule has 3 nitrogen and oxygen atoms in total. The summed E-state index contributed by atoms with van der Waals surface area (Å²) in [6, 6.07) is 4.91. The molecule has 0 aromatic heterocycles. The maximum atomic E-state index is 11.7. The number of halogens is 2. The van der Waals surface area contributed by atoms with Gasteiger partial charge in [0.15, 0.2) is 5.78 Å². The maximum Gasteiger partial charge on any atom is 0.228 e. The second-order valence-corrected chi connectivity index (χ2v) is 5.05. The van der Waals surface area contributed by atoms with Crippen molar-refractivity contribution in [1.29, 1.82) is 0 Å². The molecule has 1 fully saturated rings. The van der Waals surface area contributed by atoms with Crippen LogP contribution in [0.1, 0.15) is 23.7 Å². The SMILES string of the molecule is CC(=O)c1ccc(Cl)c(N2CC(Cl)CC2=O)c1. The number of nitrogens with zero attached hydrogens (tertiary/aromatic N) is 1. The van der Waals surface area contributed by atoms with Crippen molar-refractivity contribution in [2.24, 2.45) is 0 Å². The normalized spacial score (nSPS) is 19.8. The van der Waals surface area contributed by atoms with Crippen LogP contribution >= 0.6 is 23.2 Å². The molecular weight excluding hydrogens is 261 g/mol. The van der Waals surface area contributed by atoms with E-state index in [0.717, 1.165) is 0 Å². The summed E-state index contributed by atoms with van der Waals surface area (Å²) >= 11 is 12.0. The zero-order chi connectivity index (χ0) is 12.6. The van der Waals surface area contributed by atoms with E-state index in [2.05, 4.69) is 0 Å². The summed E-state index contributed by atoms with van der Waals surface area (Å²) in [6.45, 7) is 1.91. The number of ketones is 1. The first-order chi connectivity index (χ1) is 7.99. The molecule has 1 unspecified atom stereocenters. The molecule has 1 aliphatic heterocycles. The Morgan fingerprint density at radius 2 is 2.18 bits per heavy atom. The van der Waals surface area contributed by atoms with E-state index in [1.807, 2.05) is 0 Å². The third-order valence-corrected chi connectivity index (χ3v) is 3.33. The minimum atomic E-state index is -0.195. The summed E-state index contributed by atoms with van der Waals surface area (Å²) in [7, 11) is 0. The Balaban J connectivity index is 2.41. The number of hydrogen-bond donors (Lipinski definition) is 0. The molecule has 0 spiro atoms. The van der Waals surface area contributed by atoms with Crippen LogP contribution in [0.2, 0.25) is 5.02 Å². The van der Waals surface area contributed by atoms with Crippen molar-refractivity contribution in [3.63, 3.8) is 0 Å². The van der Waals surface area contributed by atoms with Crippen LogP contribution in [0.25, 0.3) is 0 Å². The van der Waals surface area contributed by atoms with E-state index in [1.165, 1.54) is 11.8 Å². The van der Waals surface area contributed by atoms with E-state index >= 15 is 0 Å². The minimum Gasteiger partial charge on any atom is -0.309 e. The van der Waals surface area contributed by atoms with Crippen LogP contribution in [0.4, 0.5) is 5.69 Å². The third-order valence-electron chi connectivity index (χ3n) is 2.72. The molecule has 0 saturated carbocycles. The van der Waals surface area contributed by atoms with Crippen LogP contribution in [0, 0.1) is 0 Å². The molecule has 1 aromatic carbocycles. The summed E-state index contributed by atoms with van der Waals surface area (Å²) in [6.07, 6.45) is 0.308. The van der Waals surface area contributed by atoms with Crippen molar-refractivity contribution < 1.29 is 9.59 Å². The van der Waals surface area contributed by atoms with Gasteiger partial charge >= 0.3 is 0 Å². The highest BCUT2D eigenvalue weighted by Crippen LogP contribution is 2.31. The van der Waals surface area contributed by atoms with Crippen molar-refractivity contribution in [3.8, 4) is 0 Å². The van der Waals surface area contributed by atoms with E-state index in [1.54, 1.807) is 18.2 Å². The number of hydrogen-bond acceptors (Lipinski definition) is 2. The maximum absolute atomic E-state index is 11.7. The lowest BCUT2D eigenvalue weighted by atomic mass is 10.1. The largest absolute Gasteiger partial charge is 0.309 e. The molecule has 1 saturated heterocycles. The van der Waals surface area contributed by atoms with Gasteiger partial charge in [0.25, 0.3) is 0 Å². The predicted molar refractivity (Wildman–Crippen MR) is 68.1 cm³/mol. The highest BCUT2D eigenvalue weighted by Gasteiger charge is 2.30. The molecule has 0 N–H and O–H groups in total. The van der Waals surface area contributed by atoms with Crippen molar-refractivity contribution >= 4 is 40.6 Å². The van der Waals surface area contributed by atoms with E-state index < -0.39 is 0 Å². The molecular formula is C12H11Cl2NO2. The fourth-order valence-electron chi connectivity index (χ4n) is 1.84. The van der Waals surface area contributed by atoms with Gasteiger partial charge < -0.3 is 4.90 Å². The van der Waals surface area contributed by atoms with Crippen LogP contribution in [0.5, 0.6) is 0 Å². The molecule has 2 rings (SSSR count). The number of benzene rings is 1. The number of carbonyl (C=O) groups excluding carboxylic acids is 2. The van der Waals surface area contributed by atoms with Crippen molar-refractivity contribution in [2.45, 2.75) is 18.7 Å². The molecule has 1 aliphatic rings. The molecule has 1 atom stereocenters. The first-order valence-corrected chi connectivity index (χ1v) is 6.05. The molecule has 0 bridgehead atoms. The predicted octanol–water partition coefficient (Wildman–Crippen LogP) is 2.89. The Morgan fingerprint density at radius 1 is 1.47 bits per heavy atom. The van der Waals surface area contributed by atoms with E-state index in [4.69, 9.17) is 23.2 Å². The Bertz CT molecular complexity index is 487. The van der Waals surface area contributed by atoms with Gasteiger partial charge in [-0.3, -0.25) is 9.59 Å². The first kappa shape index (κ1) is 12.4. The Morgan fingerprint density at radius 3 is 2.71 bits per heavy atom. The minimum absolute atomic E-state index is 0.0583. The van der Waals surface area contributed by atoms with Gasteiger partial charge in [0.05, 0.1) is 16.1 Å². The van der Waals surface area contributed by atoms with Gasteiger partial charge in [-0.05, 0) is 25.1 Å². The average Bonchev–Trinajstić information content (AvgIpc) is 2.58. The van der Waals surface area contributed by atoms with Gasteiger partial charge in [-0.1, -0.05) is 11.6 Å². The van der Waals surface area contributed by atoms with E-state index in [-0.39, 0.29) is 17.1 Å². The third kappa shape index (κ3) is 2.45. The van der Waals surface area contributed by atoms with Crippen LogP contribution in [-0.4, -0.2) is 23.6 Å². The first-order valence-electron chi connectivity index (χ1n) is 5.24. The van der Waals surface area contributed by atoms with Crippen LogP contribution in [0.15, 0.2) is 18.2 Å². The molecule has 1 heterocycles. The van der Waals surface area contributed by atoms with Crippen LogP contribution in [-0.2, 0) is 4.79 Å². The highest BCUT2D eigenvalue weighted by molar-refractivity contribution is 6.34. The average molecular weight is 272 g/mol. The summed E-state index contributed by atoms with van der Waals surface area (Å²) in [5.41, 5.74) is 1.10. The number of Topliss-reactive ketones (excluding diaryl/α,β-unsaturated/α-hetero) is 1. The molecule has 1 amide bonds. The van der Waals surface area contributed by atoms with Crippen molar-refractivity contribution in [1.82, 2.24) is 0 Å². The summed E-state index contributed by atoms with van der Waals surface area (Å²) in [4.78, 5) is 24.5. The summed E-state index contributed by atoms with van der Waals surface area (Å²) in [5.74, 6) is -0.121. The van der Waals surface area contributed by atoms with Gasteiger partial charge in [-0.25, -0.2) is 0 Å². The smallest absolute Gasteiger partial charge is 0.228 e. The lowest BCUT2D eigenvalue weighted by molar-refractivity contribution is -0.117. The zero-order valence-electron chi connectivity index (χ0n) is 9.24. The number of carbonyl (C=O) groups is 2. The van der Waals surface area contributed by atoms with E-state index in [9.17, 15) is 9.59 Å². The topological polar surface area (TPSA) is 37.4 Å². The fourth-order valence-corrected chi connectivity index (χ4v) is 2.32. The Kier molecular flexibility index (Phi) is 3.40. The van der Waals surface area contributed by atoms with Crippen molar-refractivity contribution in [3.05, 3.63) is 28.8 Å². The van der Waals surface area contributed by atoms with Crippen LogP contribution < -0.4 is 4.90 Å². The van der Waals surface area contributed by atoms with E-state index in [0.29, 0.717) is 29.2 Å². The van der Waals surface area contributed by atoms with Gasteiger partial charge in [-0.15, -0.1) is 11.6 Å². The fraction of sp³-hybridized carbons (Fsp3) is 0.333. The second kappa shape index (κ2) is 4.67. The van der Waals surface area contributed by atoms with Gasteiger partial charge in [0.2, 0.25) is 5.91 Å². The zero-order valence-corrected chi connectivity index (χ0v) is 10.8. The molecule has 0 radical (unpaired) electrons. The Labute approximate surface area is 109 Å². The standard InChI is InChI=1S/C12H11Cl2NO2/c1-7(16)8-2-3-10(14)11(4-8)15-6-9(13)5-12(15)17/h2-4,9H,5-6H2,1H3. The lowest BCUT2D eigenvalue weighted by Crippen LogP contribution is -2.25. The quantitative estimate of drug-likeness (QED) is 0.613. The highest BCUT2D eigenvalue weighted by atomic mass is 35.5. The summed E-state index contributed by atoms with van der Waals surface area (Å²) < 4.78 is 0. The molecule has 90 valence electrons.